The van der Waals surface area contributed by atoms with Crippen molar-refractivity contribution in [1.29, 1.82) is 0 Å². The highest BCUT2D eigenvalue weighted by molar-refractivity contribution is 5.31. The Morgan fingerprint density at radius 2 is 2.33 bits per heavy atom. The van der Waals surface area contributed by atoms with Gasteiger partial charge in [-0.2, -0.15) is 0 Å². The number of hydrogen-bond acceptors (Lipinski definition) is 3. The zero-order valence-electron chi connectivity index (χ0n) is 9.29. The van der Waals surface area contributed by atoms with Crippen LogP contribution in [0.5, 0.6) is 0 Å². The molecule has 4 heteroatoms. The molecule has 0 atom stereocenters. The topological polar surface area (TPSA) is 46.9 Å². The highest BCUT2D eigenvalue weighted by Crippen LogP contribution is 2.48. The number of nitrogens with one attached hydrogen (secondary N) is 1. The van der Waals surface area contributed by atoms with E-state index in [1.807, 2.05) is 0 Å². The fourth-order valence-electron chi connectivity index (χ4n) is 1.72. The van der Waals surface area contributed by atoms with Crippen LogP contribution in [0.2, 0.25) is 0 Å². The summed E-state index contributed by atoms with van der Waals surface area (Å²) in [5.41, 5.74) is 0.382. The molecule has 1 saturated carbocycles. The Hall–Kier alpha value is -1.32. The number of rotatable bonds is 4. The summed E-state index contributed by atoms with van der Waals surface area (Å²) in [5.74, 6) is 0.472. The average Bonchev–Trinajstić information content (AvgIpc) is 3.01. The van der Waals surface area contributed by atoms with Crippen LogP contribution >= 0.6 is 0 Å². The quantitative estimate of drug-likeness (QED) is 0.811. The van der Waals surface area contributed by atoms with Crippen molar-refractivity contribution in [3.63, 3.8) is 0 Å². The van der Waals surface area contributed by atoms with Crippen LogP contribution in [0.25, 0.3) is 0 Å². The largest absolute Gasteiger partial charge is 0.365 e. The van der Waals surface area contributed by atoms with Crippen LogP contribution in [0.4, 0.5) is 5.82 Å². The fraction of sp³-hybridized carbons (Fsp3) is 0.636. The van der Waals surface area contributed by atoms with Gasteiger partial charge in [-0.15, -0.1) is 0 Å². The van der Waals surface area contributed by atoms with Crippen molar-refractivity contribution in [2.24, 2.45) is 12.5 Å². The molecule has 0 bridgehead atoms. The van der Waals surface area contributed by atoms with Crippen molar-refractivity contribution in [2.75, 3.05) is 11.9 Å². The van der Waals surface area contributed by atoms with E-state index in [-0.39, 0.29) is 5.56 Å². The lowest BCUT2D eigenvalue weighted by molar-refractivity contribution is 0.520. The molecule has 2 rings (SSSR count). The monoisotopic (exact) mass is 207 g/mol. The summed E-state index contributed by atoms with van der Waals surface area (Å²) in [7, 11) is 1.74. The standard InChI is InChI=1S/C11H17N3O/c1-3-11(4-5-11)8-13-9-10(15)14(2)7-6-12-9/h6-7H,3-5,8H2,1-2H3,(H,12,13). The van der Waals surface area contributed by atoms with Gasteiger partial charge in [-0.3, -0.25) is 4.79 Å². The SMILES string of the molecule is CCC1(CNc2nccn(C)c2=O)CC1. The van der Waals surface area contributed by atoms with Crippen molar-refractivity contribution < 1.29 is 0 Å². The minimum atomic E-state index is -0.0515. The Morgan fingerprint density at radius 1 is 1.60 bits per heavy atom. The summed E-state index contributed by atoms with van der Waals surface area (Å²) in [6, 6.07) is 0. The highest BCUT2D eigenvalue weighted by Gasteiger charge is 2.40. The van der Waals surface area contributed by atoms with Gasteiger partial charge in [-0.25, -0.2) is 4.98 Å². The maximum absolute atomic E-state index is 11.6. The van der Waals surface area contributed by atoms with Gasteiger partial charge in [0.05, 0.1) is 0 Å². The summed E-state index contributed by atoms with van der Waals surface area (Å²) in [6.07, 6.45) is 7.02. The van der Waals surface area contributed by atoms with E-state index in [1.165, 1.54) is 19.3 Å². The van der Waals surface area contributed by atoms with E-state index in [4.69, 9.17) is 0 Å². The second-order valence-electron chi connectivity index (χ2n) is 4.40. The first-order valence-corrected chi connectivity index (χ1v) is 5.42. The molecule has 0 amide bonds. The van der Waals surface area contributed by atoms with E-state index < -0.39 is 0 Å². The Kier molecular flexibility index (Phi) is 2.50. The minimum absolute atomic E-state index is 0.0515. The van der Waals surface area contributed by atoms with E-state index in [0.717, 1.165) is 6.54 Å². The van der Waals surface area contributed by atoms with Crippen molar-refractivity contribution in [3.8, 4) is 0 Å². The average molecular weight is 207 g/mol. The molecule has 1 heterocycles. The third-order valence-electron chi connectivity index (χ3n) is 3.35. The summed E-state index contributed by atoms with van der Waals surface area (Å²) in [4.78, 5) is 15.7. The van der Waals surface area contributed by atoms with Gasteiger partial charge >= 0.3 is 0 Å². The molecule has 1 fully saturated rings. The van der Waals surface area contributed by atoms with Gasteiger partial charge in [0, 0.05) is 26.0 Å². The summed E-state index contributed by atoms with van der Waals surface area (Å²) in [6.45, 7) is 3.07. The lowest BCUT2D eigenvalue weighted by atomic mass is 10.0. The molecule has 0 aromatic carbocycles. The summed E-state index contributed by atoms with van der Waals surface area (Å²) < 4.78 is 1.54. The second-order valence-corrected chi connectivity index (χ2v) is 4.40. The van der Waals surface area contributed by atoms with Gasteiger partial charge in [0.15, 0.2) is 5.82 Å². The highest BCUT2D eigenvalue weighted by atomic mass is 16.1. The normalized spacial score (nSPS) is 17.5. The zero-order chi connectivity index (χ0) is 10.9. The predicted molar refractivity (Wildman–Crippen MR) is 59.9 cm³/mol. The Balaban J connectivity index is 2.05. The lowest BCUT2D eigenvalue weighted by Gasteiger charge is -2.13. The van der Waals surface area contributed by atoms with Gasteiger partial charge in [-0.05, 0) is 24.7 Å². The number of nitrogens with zero attached hydrogens (tertiary/aromatic N) is 2. The van der Waals surface area contributed by atoms with Crippen LogP contribution in [0.1, 0.15) is 26.2 Å². The van der Waals surface area contributed by atoms with E-state index in [1.54, 1.807) is 24.0 Å². The number of aromatic nitrogens is 2. The molecule has 1 N–H and O–H groups in total. The van der Waals surface area contributed by atoms with Crippen LogP contribution < -0.4 is 10.9 Å². The van der Waals surface area contributed by atoms with Crippen LogP contribution in [-0.4, -0.2) is 16.1 Å². The van der Waals surface area contributed by atoms with Gasteiger partial charge in [0.25, 0.3) is 5.56 Å². The number of aryl methyl sites for hydroxylation is 1. The molecule has 0 unspecified atom stereocenters. The fourth-order valence-corrected chi connectivity index (χ4v) is 1.72. The first-order chi connectivity index (χ1) is 7.17. The molecular formula is C11H17N3O. The van der Waals surface area contributed by atoms with Crippen molar-refractivity contribution >= 4 is 5.82 Å². The molecule has 1 aliphatic carbocycles. The Labute approximate surface area is 89.3 Å². The maximum Gasteiger partial charge on any atom is 0.293 e. The van der Waals surface area contributed by atoms with Gasteiger partial charge in [0.2, 0.25) is 0 Å². The molecule has 15 heavy (non-hydrogen) atoms. The lowest BCUT2D eigenvalue weighted by Crippen LogP contribution is -2.25. The number of hydrogen-bond donors (Lipinski definition) is 1. The molecule has 82 valence electrons. The molecular weight excluding hydrogens is 190 g/mol. The molecule has 1 aromatic heterocycles. The van der Waals surface area contributed by atoms with Crippen LogP contribution in [0, 0.1) is 5.41 Å². The van der Waals surface area contributed by atoms with Gasteiger partial charge < -0.3 is 9.88 Å². The maximum atomic E-state index is 11.6. The molecule has 1 aliphatic rings. The van der Waals surface area contributed by atoms with Gasteiger partial charge in [-0.1, -0.05) is 6.92 Å². The van der Waals surface area contributed by atoms with Crippen LogP contribution in [-0.2, 0) is 7.05 Å². The van der Waals surface area contributed by atoms with Gasteiger partial charge in [0.1, 0.15) is 0 Å². The third kappa shape index (κ3) is 2.03. The van der Waals surface area contributed by atoms with Crippen LogP contribution in [0.15, 0.2) is 17.2 Å². The minimum Gasteiger partial charge on any atom is -0.365 e. The van der Waals surface area contributed by atoms with E-state index in [0.29, 0.717) is 11.2 Å². The second kappa shape index (κ2) is 3.68. The molecule has 1 aromatic rings. The summed E-state index contributed by atoms with van der Waals surface area (Å²) >= 11 is 0. The predicted octanol–water partition coefficient (Wildman–Crippen LogP) is 1.38. The molecule has 0 aliphatic heterocycles. The molecule has 4 nitrogen and oxygen atoms in total. The Morgan fingerprint density at radius 3 is 2.93 bits per heavy atom. The van der Waals surface area contributed by atoms with E-state index in [9.17, 15) is 4.79 Å². The van der Waals surface area contributed by atoms with Crippen LogP contribution in [0.3, 0.4) is 0 Å². The molecule has 0 radical (unpaired) electrons. The van der Waals surface area contributed by atoms with E-state index >= 15 is 0 Å². The zero-order valence-corrected chi connectivity index (χ0v) is 9.29. The first-order valence-electron chi connectivity index (χ1n) is 5.42. The third-order valence-corrected chi connectivity index (χ3v) is 3.35. The number of anilines is 1. The smallest absolute Gasteiger partial charge is 0.293 e. The first kappa shape index (κ1) is 10.2. The molecule has 0 spiro atoms. The van der Waals surface area contributed by atoms with E-state index in [2.05, 4.69) is 17.2 Å². The van der Waals surface area contributed by atoms with Crippen molar-refractivity contribution in [1.82, 2.24) is 9.55 Å². The van der Waals surface area contributed by atoms with Crippen molar-refractivity contribution in [2.45, 2.75) is 26.2 Å². The molecule has 0 saturated heterocycles. The summed E-state index contributed by atoms with van der Waals surface area (Å²) in [5, 5.41) is 3.16. The Bertz CT molecular complexity index is 407. The van der Waals surface area contributed by atoms with Crippen molar-refractivity contribution in [3.05, 3.63) is 22.7 Å².